The Morgan fingerprint density at radius 3 is 3.25 bits per heavy atom. The van der Waals surface area contributed by atoms with Crippen LogP contribution in [-0.2, 0) is 12.8 Å². The number of rotatable bonds is 3. The van der Waals surface area contributed by atoms with Gasteiger partial charge in [-0.2, -0.15) is 0 Å². The van der Waals surface area contributed by atoms with Crippen LogP contribution in [0.1, 0.15) is 24.0 Å². The first kappa shape index (κ1) is 12.7. The van der Waals surface area contributed by atoms with Gasteiger partial charge in [0.1, 0.15) is 5.75 Å². The first-order valence-corrected chi connectivity index (χ1v) is 8.09. The Balaban J connectivity index is 1.34. The van der Waals surface area contributed by atoms with E-state index < -0.39 is 0 Å². The summed E-state index contributed by atoms with van der Waals surface area (Å²) in [6, 6.07) is 7.51. The summed E-state index contributed by atoms with van der Waals surface area (Å²) in [5.74, 6) is 2.00. The lowest BCUT2D eigenvalue weighted by Gasteiger charge is -2.24. The van der Waals surface area contributed by atoms with Gasteiger partial charge in [-0.1, -0.05) is 12.1 Å². The molecule has 0 aliphatic carbocycles. The minimum Gasteiger partial charge on any atom is -0.493 e. The monoisotopic (exact) mass is 272 g/mol. The van der Waals surface area contributed by atoms with Gasteiger partial charge in [-0.3, -0.25) is 0 Å². The van der Waals surface area contributed by atoms with E-state index in [9.17, 15) is 0 Å². The Morgan fingerprint density at radius 2 is 2.30 bits per heavy atom. The highest BCUT2D eigenvalue weighted by molar-refractivity contribution is 5.39. The van der Waals surface area contributed by atoms with Gasteiger partial charge in [0.05, 0.1) is 6.61 Å². The van der Waals surface area contributed by atoms with Gasteiger partial charge in [-0.05, 0) is 48.9 Å². The van der Waals surface area contributed by atoms with E-state index in [1.807, 2.05) is 0 Å². The largest absolute Gasteiger partial charge is 0.493 e. The van der Waals surface area contributed by atoms with E-state index in [1.54, 1.807) is 0 Å². The van der Waals surface area contributed by atoms with Gasteiger partial charge in [0.2, 0.25) is 0 Å². The predicted molar refractivity (Wildman–Crippen MR) is 80.3 cm³/mol. The normalized spacial score (nSPS) is 29.0. The van der Waals surface area contributed by atoms with Crippen LogP contribution in [0.3, 0.4) is 0 Å². The molecular formula is C17H24N2O. The smallest absolute Gasteiger partial charge is 0.122 e. The third-order valence-corrected chi connectivity index (χ3v) is 5.15. The van der Waals surface area contributed by atoms with Crippen LogP contribution in [0.25, 0.3) is 0 Å². The molecule has 2 atom stereocenters. The van der Waals surface area contributed by atoms with Crippen LogP contribution in [-0.4, -0.2) is 43.7 Å². The summed E-state index contributed by atoms with van der Waals surface area (Å²) in [5, 5.41) is 3.68. The molecule has 2 fully saturated rings. The summed E-state index contributed by atoms with van der Waals surface area (Å²) >= 11 is 0. The lowest BCUT2D eigenvalue weighted by atomic mass is 9.94. The molecular weight excluding hydrogens is 248 g/mol. The van der Waals surface area contributed by atoms with Crippen LogP contribution in [0.15, 0.2) is 18.2 Å². The molecule has 3 nitrogen and oxygen atoms in total. The third kappa shape index (κ3) is 2.45. The molecule has 2 saturated heterocycles. The molecule has 3 heterocycles. The van der Waals surface area contributed by atoms with E-state index in [0.717, 1.165) is 30.7 Å². The van der Waals surface area contributed by atoms with Gasteiger partial charge in [0.15, 0.2) is 0 Å². The van der Waals surface area contributed by atoms with Crippen LogP contribution < -0.4 is 10.1 Å². The average molecular weight is 272 g/mol. The quantitative estimate of drug-likeness (QED) is 0.909. The molecule has 0 bridgehead atoms. The molecule has 1 N–H and O–H groups in total. The number of fused-ring (bicyclic) bond motifs is 2. The summed E-state index contributed by atoms with van der Waals surface area (Å²) in [6.45, 7) is 5.83. The first-order chi connectivity index (χ1) is 9.88. The molecule has 0 radical (unpaired) electrons. The first-order valence-electron chi connectivity index (χ1n) is 8.09. The van der Waals surface area contributed by atoms with Crippen molar-refractivity contribution in [3.05, 3.63) is 29.3 Å². The molecule has 0 amide bonds. The van der Waals surface area contributed by atoms with Gasteiger partial charge in [-0.25, -0.2) is 0 Å². The highest BCUT2D eigenvalue weighted by Crippen LogP contribution is 2.27. The van der Waals surface area contributed by atoms with E-state index in [1.165, 1.54) is 56.6 Å². The van der Waals surface area contributed by atoms with Crippen molar-refractivity contribution in [2.24, 2.45) is 5.92 Å². The fourth-order valence-corrected chi connectivity index (χ4v) is 4.00. The van der Waals surface area contributed by atoms with Crippen molar-refractivity contribution >= 4 is 0 Å². The highest BCUT2D eigenvalue weighted by Gasteiger charge is 2.33. The maximum absolute atomic E-state index is 5.58. The lowest BCUT2D eigenvalue weighted by Crippen LogP contribution is -2.40. The number of nitrogens with zero attached hydrogens (tertiary/aromatic N) is 1. The summed E-state index contributed by atoms with van der Waals surface area (Å²) < 4.78 is 5.58. The fraction of sp³-hybridized carbons (Fsp3) is 0.647. The summed E-state index contributed by atoms with van der Waals surface area (Å²) in [6.07, 6.45) is 5.04. The SMILES string of the molecule is c1cc2c(cc1CCN1CC3CCCNC3C1)CCO2. The Labute approximate surface area is 121 Å². The van der Waals surface area contributed by atoms with Gasteiger partial charge in [0.25, 0.3) is 0 Å². The summed E-state index contributed by atoms with van der Waals surface area (Å²) in [4.78, 5) is 2.65. The third-order valence-electron chi connectivity index (χ3n) is 5.15. The van der Waals surface area contributed by atoms with Crippen molar-refractivity contribution in [3.8, 4) is 5.75 Å². The van der Waals surface area contributed by atoms with Crippen LogP contribution >= 0.6 is 0 Å². The second kappa shape index (κ2) is 5.38. The molecule has 3 aliphatic rings. The standard InChI is InChI=1S/C17H24N2O/c1-2-15-11-19(12-16(15)18-7-1)8-5-13-3-4-17-14(10-13)6-9-20-17/h3-4,10,15-16,18H,1-2,5-9,11-12H2. The molecule has 0 saturated carbocycles. The van der Waals surface area contributed by atoms with Gasteiger partial charge in [-0.15, -0.1) is 0 Å². The van der Waals surface area contributed by atoms with Crippen molar-refractivity contribution in [1.29, 1.82) is 0 Å². The molecule has 2 unspecified atom stereocenters. The Bertz CT molecular complexity index is 474. The molecule has 1 aromatic rings. The van der Waals surface area contributed by atoms with Crippen molar-refractivity contribution in [2.45, 2.75) is 31.7 Å². The highest BCUT2D eigenvalue weighted by atomic mass is 16.5. The minimum absolute atomic E-state index is 0.761. The van der Waals surface area contributed by atoms with Gasteiger partial charge < -0.3 is 15.0 Å². The number of hydrogen-bond acceptors (Lipinski definition) is 3. The minimum atomic E-state index is 0.761. The Kier molecular flexibility index (Phi) is 3.41. The maximum Gasteiger partial charge on any atom is 0.122 e. The van der Waals surface area contributed by atoms with Gasteiger partial charge >= 0.3 is 0 Å². The number of benzene rings is 1. The van der Waals surface area contributed by atoms with Crippen LogP contribution in [0.5, 0.6) is 5.75 Å². The van der Waals surface area contributed by atoms with Crippen molar-refractivity contribution < 1.29 is 4.74 Å². The van der Waals surface area contributed by atoms with E-state index in [2.05, 4.69) is 28.4 Å². The molecule has 0 aromatic heterocycles. The second-order valence-corrected chi connectivity index (χ2v) is 6.51. The van der Waals surface area contributed by atoms with Gasteiger partial charge in [0, 0.05) is 32.1 Å². The molecule has 4 rings (SSSR count). The number of hydrogen-bond donors (Lipinski definition) is 1. The van der Waals surface area contributed by atoms with Crippen LogP contribution in [0.2, 0.25) is 0 Å². The zero-order valence-electron chi connectivity index (χ0n) is 12.1. The summed E-state index contributed by atoms with van der Waals surface area (Å²) in [5.41, 5.74) is 2.87. The van der Waals surface area contributed by atoms with E-state index in [-0.39, 0.29) is 0 Å². The maximum atomic E-state index is 5.58. The topological polar surface area (TPSA) is 24.5 Å². The van der Waals surface area contributed by atoms with Crippen LogP contribution in [0.4, 0.5) is 0 Å². The average Bonchev–Trinajstić information content (AvgIpc) is 3.10. The van der Waals surface area contributed by atoms with Crippen molar-refractivity contribution in [2.75, 3.05) is 32.8 Å². The Morgan fingerprint density at radius 1 is 1.30 bits per heavy atom. The van der Waals surface area contributed by atoms with E-state index >= 15 is 0 Å². The lowest BCUT2D eigenvalue weighted by molar-refractivity contribution is 0.322. The predicted octanol–water partition coefficient (Wildman–Crippen LogP) is 1.85. The molecule has 0 spiro atoms. The number of piperidine rings is 1. The molecule has 108 valence electrons. The van der Waals surface area contributed by atoms with Crippen molar-refractivity contribution in [3.63, 3.8) is 0 Å². The van der Waals surface area contributed by atoms with Crippen LogP contribution in [0, 0.1) is 5.92 Å². The second-order valence-electron chi connectivity index (χ2n) is 6.51. The van der Waals surface area contributed by atoms with E-state index in [4.69, 9.17) is 4.74 Å². The fourth-order valence-electron chi connectivity index (χ4n) is 4.00. The molecule has 1 aromatic carbocycles. The zero-order chi connectivity index (χ0) is 13.4. The number of ether oxygens (including phenoxy) is 1. The number of nitrogens with one attached hydrogen (secondary N) is 1. The Hall–Kier alpha value is -1.06. The summed E-state index contributed by atoms with van der Waals surface area (Å²) in [7, 11) is 0. The number of likely N-dealkylation sites (tertiary alicyclic amines) is 1. The molecule has 3 aliphatic heterocycles. The molecule has 20 heavy (non-hydrogen) atoms. The van der Waals surface area contributed by atoms with Crippen molar-refractivity contribution in [1.82, 2.24) is 10.2 Å². The van der Waals surface area contributed by atoms with E-state index in [0.29, 0.717) is 0 Å². The molecule has 3 heteroatoms. The zero-order valence-corrected chi connectivity index (χ0v) is 12.1.